The molecular formula is C17H23FN2O3. The molecule has 23 heavy (non-hydrogen) atoms. The van der Waals surface area contributed by atoms with Crippen LogP contribution < -0.4 is 4.74 Å². The van der Waals surface area contributed by atoms with Crippen molar-refractivity contribution in [1.29, 1.82) is 0 Å². The van der Waals surface area contributed by atoms with Crippen molar-refractivity contribution in [3.63, 3.8) is 0 Å². The highest BCUT2D eigenvalue weighted by Gasteiger charge is 2.29. The highest BCUT2D eigenvalue weighted by Crippen LogP contribution is 2.21. The van der Waals surface area contributed by atoms with Crippen LogP contribution in [-0.4, -0.2) is 48.9 Å². The fourth-order valence-electron chi connectivity index (χ4n) is 2.94. The first-order valence-corrected chi connectivity index (χ1v) is 7.75. The zero-order valence-corrected chi connectivity index (χ0v) is 13.8. The van der Waals surface area contributed by atoms with E-state index in [9.17, 15) is 14.0 Å². The molecule has 1 saturated heterocycles. The highest BCUT2D eigenvalue weighted by molar-refractivity contribution is 5.80. The summed E-state index contributed by atoms with van der Waals surface area (Å²) in [5.74, 6) is -0.436. The molecule has 1 atom stereocenters. The Kier molecular flexibility index (Phi) is 5.58. The summed E-state index contributed by atoms with van der Waals surface area (Å²) in [5, 5.41) is 0. The van der Waals surface area contributed by atoms with Gasteiger partial charge in [-0.1, -0.05) is 6.07 Å². The fourth-order valence-corrected chi connectivity index (χ4v) is 2.94. The normalized spacial score (nSPS) is 17.7. The van der Waals surface area contributed by atoms with Crippen LogP contribution in [0.2, 0.25) is 0 Å². The molecule has 0 aliphatic carbocycles. The van der Waals surface area contributed by atoms with Crippen LogP contribution >= 0.6 is 0 Å². The predicted molar refractivity (Wildman–Crippen MR) is 84.4 cm³/mol. The number of nitrogens with zero attached hydrogens (tertiary/aromatic N) is 2. The van der Waals surface area contributed by atoms with Crippen LogP contribution in [0, 0.1) is 11.7 Å². The van der Waals surface area contributed by atoms with Gasteiger partial charge in [-0.05, 0) is 30.5 Å². The van der Waals surface area contributed by atoms with Gasteiger partial charge in [-0.25, -0.2) is 4.39 Å². The number of halogens is 1. The molecule has 126 valence electrons. The average molecular weight is 322 g/mol. The second-order valence-electron chi connectivity index (χ2n) is 5.97. The quantitative estimate of drug-likeness (QED) is 0.852. The number of piperidine rings is 1. The second kappa shape index (κ2) is 7.44. The van der Waals surface area contributed by atoms with Crippen molar-refractivity contribution >= 4 is 11.8 Å². The first-order valence-electron chi connectivity index (χ1n) is 7.75. The Labute approximate surface area is 136 Å². The third-order valence-electron chi connectivity index (χ3n) is 4.23. The standard InChI is InChI=1S/C17H23FN2O3/c1-12(21)20-8-4-5-14(11-20)17(22)19(2)10-13-6-7-16(23-3)15(18)9-13/h6-7,9,14H,4-5,8,10-11H2,1-3H3/t14-/m0/s1. The van der Waals surface area contributed by atoms with Crippen molar-refractivity contribution < 1.29 is 18.7 Å². The summed E-state index contributed by atoms with van der Waals surface area (Å²) in [6.45, 7) is 3.04. The van der Waals surface area contributed by atoms with Crippen molar-refractivity contribution in [2.24, 2.45) is 5.92 Å². The van der Waals surface area contributed by atoms with Gasteiger partial charge in [0.25, 0.3) is 0 Å². The first-order chi connectivity index (χ1) is 10.9. The highest BCUT2D eigenvalue weighted by atomic mass is 19.1. The Bertz CT molecular complexity index is 591. The van der Waals surface area contributed by atoms with E-state index >= 15 is 0 Å². The van der Waals surface area contributed by atoms with Crippen molar-refractivity contribution in [2.45, 2.75) is 26.3 Å². The van der Waals surface area contributed by atoms with Gasteiger partial charge >= 0.3 is 0 Å². The van der Waals surface area contributed by atoms with E-state index in [1.807, 2.05) is 0 Å². The molecule has 1 aromatic carbocycles. The van der Waals surface area contributed by atoms with E-state index in [1.54, 1.807) is 29.0 Å². The maximum absolute atomic E-state index is 13.7. The van der Waals surface area contributed by atoms with Gasteiger partial charge in [-0.15, -0.1) is 0 Å². The number of rotatable bonds is 4. The molecule has 6 heteroatoms. The van der Waals surface area contributed by atoms with Gasteiger partial charge < -0.3 is 14.5 Å². The lowest BCUT2D eigenvalue weighted by atomic mass is 9.96. The number of amides is 2. The molecule has 0 N–H and O–H groups in total. The number of ether oxygens (including phenoxy) is 1. The Morgan fingerprint density at radius 3 is 2.78 bits per heavy atom. The minimum Gasteiger partial charge on any atom is -0.494 e. The van der Waals surface area contributed by atoms with Crippen LogP contribution in [0.25, 0.3) is 0 Å². The number of carbonyl (C=O) groups excluding carboxylic acids is 2. The van der Waals surface area contributed by atoms with Crippen LogP contribution in [0.3, 0.4) is 0 Å². The molecule has 0 spiro atoms. The van der Waals surface area contributed by atoms with E-state index in [0.29, 0.717) is 25.2 Å². The SMILES string of the molecule is COc1ccc(CN(C)C(=O)[C@H]2CCCN(C(C)=O)C2)cc1F. The fraction of sp³-hybridized carbons (Fsp3) is 0.529. The van der Waals surface area contributed by atoms with E-state index < -0.39 is 5.82 Å². The molecule has 1 heterocycles. The van der Waals surface area contributed by atoms with Crippen molar-refractivity contribution in [3.8, 4) is 5.75 Å². The van der Waals surface area contributed by atoms with Gasteiger partial charge in [0.05, 0.1) is 13.0 Å². The topological polar surface area (TPSA) is 49.9 Å². The summed E-state index contributed by atoms with van der Waals surface area (Å²) in [6, 6.07) is 4.68. The van der Waals surface area contributed by atoms with Crippen molar-refractivity contribution in [3.05, 3.63) is 29.6 Å². The monoisotopic (exact) mass is 322 g/mol. The molecule has 0 bridgehead atoms. The molecule has 0 aromatic heterocycles. The lowest BCUT2D eigenvalue weighted by Crippen LogP contribution is -2.45. The summed E-state index contributed by atoms with van der Waals surface area (Å²) in [7, 11) is 3.12. The number of methoxy groups -OCH3 is 1. The third kappa shape index (κ3) is 4.21. The number of benzene rings is 1. The molecule has 0 unspecified atom stereocenters. The van der Waals surface area contributed by atoms with Crippen LogP contribution in [0.15, 0.2) is 18.2 Å². The van der Waals surface area contributed by atoms with Crippen molar-refractivity contribution in [2.75, 3.05) is 27.2 Å². The van der Waals surface area contributed by atoms with E-state index in [1.165, 1.54) is 20.1 Å². The Morgan fingerprint density at radius 1 is 1.43 bits per heavy atom. The van der Waals surface area contributed by atoms with E-state index in [-0.39, 0.29) is 23.5 Å². The van der Waals surface area contributed by atoms with E-state index in [4.69, 9.17) is 4.74 Å². The number of hydrogen-bond acceptors (Lipinski definition) is 3. The average Bonchev–Trinajstić information content (AvgIpc) is 2.54. The minimum absolute atomic E-state index is 0.00220. The second-order valence-corrected chi connectivity index (χ2v) is 5.97. The van der Waals surface area contributed by atoms with Crippen LogP contribution in [0.1, 0.15) is 25.3 Å². The molecular weight excluding hydrogens is 299 g/mol. The molecule has 0 radical (unpaired) electrons. The lowest BCUT2D eigenvalue weighted by molar-refractivity contribution is -0.139. The summed E-state index contributed by atoms with van der Waals surface area (Å²) < 4.78 is 18.6. The van der Waals surface area contributed by atoms with Gasteiger partial charge in [0.15, 0.2) is 11.6 Å². The number of hydrogen-bond donors (Lipinski definition) is 0. The minimum atomic E-state index is -0.439. The van der Waals surface area contributed by atoms with E-state index in [2.05, 4.69) is 0 Å². The lowest BCUT2D eigenvalue weighted by Gasteiger charge is -2.33. The molecule has 2 amide bonds. The van der Waals surface area contributed by atoms with Gasteiger partial charge in [-0.3, -0.25) is 9.59 Å². The zero-order valence-electron chi connectivity index (χ0n) is 13.8. The molecule has 5 nitrogen and oxygen atoms in total. The van der Waals surface area contributed by atoms with E-state index in [0.717, 1.165) is 12.8 Å². The molecule has 1 aliphatic rings. The van der Waals surface area contributed by atoms with Gasteiger partial charge in [0.1, 0.15) is 0 Å². The third-order valence-corrected chi connectivity index (χ3v) is 4.23. The Balaban J connectivity index is 1.99. The predicted octanol–water partition coefficient (Wildman–Crippen LogP) is 2.05. The van der Waals surface area contributed by atoms with Gasteiger partial charge in [0, 0.05) is 33.6 Å². The molecule has 1 aromatic rings. The molecule has 1 fully saturated rings. The molecule has 2 rings (SSSR count). The Hall–Kier alpha value is -2.11. The summed E-state index contributed by atoms with van der Waals surface area (Å²) in [6.07, 6.45) is 1.62. The van der Waals surface area contributed by atoms with Crippen LogP contribution in [0.5, 0.6) is 5.75 Å². The zero-order chi connectivity index (χ0) is 17.0. The van der Waals surface area contributed by atoms with Crippen molar-refractivity contribution in [1.82, 2.24) is 9.80 Å². The largest absolute Gasteiger partial charge is 0.494 e. The number of carbonyl (C=O) groups is 2. The number of likely N-dealkylation sites (tertiary alicyclic amines) is 1. The van der Waals surface area contributed by atoms with Crippen LogP contribution in [-0.2, 0) is 16.1 Å². The molecule has 1 aliphatic heterocycles. The van der Waals surface area contributed by atoms with Gasteiger partial charge in [-0.2, -0.15) is 0 Å². The summed E-state index contributed by atoms with van der Waals surface area (Å²) in [4.78, 5) is 27.3. The summed E-state index contributed by atoms with van der Waals surface area (Å²) in [5.41, 5.74) is 0.707. The van der Waals surface area contributed by atoms with Crippen LogP contribution in [0.4, 0.5) is 4.39 Å². The molecule has 0 saturated carbocycles. The van der Waals surface area contributed by atoms with Gasteiger partial charge in [0.2, 0.25) is 11.8 Å². The summed E-state index contributed by atoms with van der Waals surface area (Å²) >= 11 is 0. The first kappa shape index (κ1) is 17.2. The smallest absolute Gasteiger partial charge is 0.227 e. The Morgan fingerprint density at radius 2 is 2.17 bits per heavy atom. The maximum atomic E-state index is 13.7. The maximum Gasteiger partial charge on any atom is 0.227 e.